The number of carbonyl (C=O) groups is 4. The molecule has 0 saturated heterocycles. The highest BCUT2D eigenvalue weighted by molar-refractivity contribution is 5.90. The number of carboxylic acids is 1. The molecule has 12 heteroatoms. The number of ether oxygens (including phenoxy) is 2. The maximum atomic E-state index is 13.1. The van der Waals surface area contributed by atoms with Gasteiger partial charge < -0.3 is 25.2 Å². The van der Waals surface area contributed by atoms with Gasteiger partial charge in [0.15, 0.2) is 0 Å². The van der Waals surface area contributed by atoms with Crippen molar-refractivity contribution in [1.82, 2.24) is 10.6 Å². The van der Waals surface area contributed by atoms with Crippen molar-refractivity contribution in [3.8, 4) is 0 Å². The lowest BCUT2D eigenvalue weighted by molar-refractivity contribution is -0.384. The van der Waals surface area contributed by atoms with E-state index in [0.29, 0.717) is 0 Å². The predicted molar refractivity (Wildman–Crippen MR) is 135 cm³/mol. The summed E-state index contributed by atoms with van der Waals surface area (Å²) in [5, 5.41) is 25.9. The van der Waals surface area contributed by atoms with Crippen LogP contribution in [0.4, 0.5) is 10.5 Å². The van der Waals surface area contributed by atoms with Gasteiger partial charge in [-0.05, 0) is 24.0 Å². The van der Waals surface area contributed by atoms with Crippen LogP contribution in [0.15, 0.2) is 54.6 Å². The summed E-state index contributed by atoms with van der Waals surface area (Å²) < 4.78 is 10.1. The Morgan fingerprint density at radius 1 is 0.947 bits per heavy atom. The average Bonchev–Trinajstić information content (AvgIpc) is 2.88. The molecule has 0 saturated carbocycles. The van der Waals surface area contributed by atoms with E-state index in [9.17, 15) is 34.4 Å². The Morgan fingerprint density at radius 3 is 2.11 bits per heavy atom. The molecule has 0 radical (unpaired) electrons. The fourth-order valence-corrected chi connectivity index (χ4v) is 3.68. The van der Waals surface area contributed by atoms with E-state index < -0.39 is 59.2 Å². The Morgan fingerprint density at radius 2 is 1.58 bits per heavy atom. The molecule has 204 valence electrons. The van der Waals surface area contributed by atoms with E-state index in [1.165, 1.54) is 24.3 Å². The largest absolute Gasteiger partial charge is 0.480 e. The van der Waals surface area contributed by atoms with Crippen LogP contribution in [0.2, 0.25) is 0 Å². The van der Waals surface area contributed by atoms with Crippen molar-refractivity contribution >= 4 is 29.6 Å². The first-order valence-corrected chi connectivity index (χ1v) is 11.9. The molecule has 0 fully saturated rings. The quantitative estimate of drug-likeness (QED) is 0.200. The Labute approximate surface area is 219 Å². The number of rotatable bonds is 13. The zero-order chi connectivity index (χ0) is 28.2. The molecule has 0 aliphatic rings. The molecule has 0 aliphatic carbocycles. The fraction of sp³-hybridized carbons (Fsp3) is 0.385. The third-order valence-electron chi connectivity index (χ3n) is 5.63. The molecule has 3 N–H and O–H groups in total. The molecule has 0 aromatic heterocycles. The minimum atomic E-state index is -1.61. The first-order chi connectivity index (χ1) is 18.0. The lowest BCUT2D eigenvalue weighted by Gasteiger charge is -2.28. The molecule has 0 heterocycles. The third kappa shape index (κ3) is 8.87. The van der Waals surface area contributed by atoms with Gasteiger partial charge in [0.25, 0.3) is 5.69 Å². The normalized spacial score (nSPS) is 13.1. The van der Waals surface area contributed by atoms with Gasteiger partial charge in [0, 0.05) is 18.1 Å². The third-order valence-corrected chi connectivity index (χ3v) is 5.63. The summed E-state index contributed by atoms with van der Waals surface area (Å²) in [4.78, 5) is 60.5. The first kappa shape index (κ1) is 29.7. The maximum absolute atomic E-state index is 13.1. The summed E-state index contributed by atoms with van der Waals surface area (Å²) in [6, 6.07) is 11.1. The van der Waals surface area contributed by atoms with Crippen molar-refractivity contribution in [2.75, 3.05) is 6.61 Å². The summed E-state index contributed by atoms with van der Waals surface area (Å²) in [5.74, 6) is -4.52. The van der Waals surface area contributed by atoms with Gasteiger partial charge in [-0.3, -0.25) is 19.7 Å². The average molecular weight is 530 g/mol. The molecule has 0 unspecified atom stereocenters. The zero-order valence-electron chi connectivity index (χ0n) is 21.3. The molecule has 0 aliphatic heterocycles. The van der Waals surface area contributed by atoms with Crippen molar-refractivity contribution in [2.24, 2.45) is 5.92 Å². The van der Waals surface area contributed by atoms with Crippen molar-refractivity contribution in [3.05, 3.63) is 75.8 Å². The molecule has 2 aromatic carbocycles. The van der Waals surface area contributed by atoms with Crippen LogP contribution in [-0.2, 0) is 30.5 Å². The van der Waals surface area contributed by atoms with Gasteiger partial charge in [0.1, 0.15) is 18.7 Å². The second kappa shape index (κ2) is 14.3. The molecule has 0 bridgehead atoms. The Hall–Kier alpha value is -4.48. The second-order valence-corrected chi connectivity index (χ2v) is 8.72. The highest BCUT2D eigenvalue weighted by Gasteiger charge is 2.36. The molecule has 38 heavy (non-hydrogen) atoms. The number of esters is 1. The Bertz CT molecular complexity index is 1120. The Balaban J connectivity index is 2.23. The van der Waals surface area contributed by atoms with Gasteiger partial charge in [-0.1, -0.05) is 56.3 Å². The summed E-state index contributed by atoms with van der Waals surface area (Å²) >= 11 is 0. The number of nitrogens with one attached hydrogen (secondary N) is 2. The zero-order valence-corrected chi connectivity index (χ0v) is 21.3. The van der Waals surface area contributed by atoms with E-state index in [-0.39, 0.29) is 24.5 Å². The van der Waals surface area contributed by atoms with Crippen molar-refractivity contribution in [1.29, 1.82) is 0 Å². The number of amides is 2. The molecule has 2 amide bonds. The van der Waals surface area contributed by atoms with Crippen LogP contribution in [0.1, 0.15) is 44.2 Å². The molecule has 3 atom stereocenters. The van der Waals surface area contributed by atoms with Crippen LogP contribution < -0.4 is 10.6 Å². The van der Waals surface area contributed by atoms with E-state index in [1.807, 2.05) is 6.07 Å². The number of alkyl carbamates (subject to hydrolysis) is 1. The lowest BCUT2D eigenvalue weighted by Crippen LogP contribution is -2.55. The molecule has 0 spiro atoms. The molecule has 12 nitrogen and oxygen atoms in total. The van der Waals surface area contributed by atoms with Crippen molar-refractivity contribution in [2.45, 2.75) is 51.8 Å². The minimum absolute atomic E-state index is 0.0292. The van der Waals surface area contributed by atoms with Crippen LogP contribution in [0.3, 0.4) is 0 Å². The number of benzene rings is 2. The van der Waals surface area contributed by atoms with E-state index in [1.54, 1.807) is 45.0 Å². The van der Waals surface area contributed by atoms with Crippen LogP contribution in [0.5, 0.6) is 0 Å². The smallest absolute Gasteiger partial charge is 0.408 e. The number of hydrogen-bond acceptors (Lipinski definition) is 8. The van der Waals surface area contributed by atoms with Gasteiger partial charge in [-0.15, -0.1) is 0 Å². The van der Waals surface area contributed by atoms with Crippen LogP contribution in [0, 0.1) is 16.0 Å². The molecular weight excluding hydrogens is 498 g/mol. The summed E-state index contributed by atoms with van der Waals surface area (Å²) in [6.45, 7) is 4.93. The Kier molecular flexibility index (Phi) is 11.2. The number of non-ortho nitro benzene ring substituents is 1. The standard InChI is InChI=1S/C26H31N3O9/c1-4-37-21(30)14-20(18-10-12-19(13-11-18)29(35)36)23(25(32)33)27-24(31)22(16(2)3)28-26(34)38-15-17-8-6-5-7-9-17/h5-13,16,20,22-23H,4,14-15H2,1-3H3,(H,27,31)(H,28,34)(H,32,33)/t20-,22+,23+/m0/s1. The number of nitro groups is 1. The maximum Gasteiger partial charge on any atom is 0.408 e. The SMILES string of the molecule is CCOC(=O)C[C@@H](c1ccc([N+](=O)[O-])cc1)[C@@H](NC(=O)[C@H](NC(=O)OCc1ccccc1)C(C)C)C(=O)O. The first-order valence-electron chi connectivity index (χ1n) is 11.9. The van der Waals surface area contributed by atoms with Crippen LogP contribution >= 0.6 is 0 Å². The van der Waals surface area contributed by atoms with Crippen LogP contribution in [-0.4, -0.2) is 52.7 Å². The number of aliphatic carboxylic acids is 1. The second-order valence-electron chi connectivity index (χ2n) is 8.72. The van der Waals surface area contributed by atoms with Gasteiger partial charge >= 0.3 is 18.0 Å². The van der Waals surface area contributed by atoms with Gasteiger partial charge in [-0.2, -0.15) is 0 Å². The van der Waals surface area contributed by atoms with E-state index in [2.05, 4.69) is 10.6 Å². The van der Waals surface area contributed by atoms with Gasteiger partial charge in [-0.25, -0.2) is 9.59 Å². The molecular formula is C26H31N3O9. The highest BCUT2D eigenvalue weighted by Crippen LogP contribution is 2.27. The summed E-state index contributed by atoms with van der Waals surface area (Å²) in [6.07, 6.45) is -1.28. The van der Waals surface area contributed by atoms with E-state index >= 15 is 0 Å². The molecule has 2 aromatic rings. The molecule has 2 rings (SSSR count). The fourth-order valence-electron chi connectivity index (χ4n) is 3.68. The van der Waals surface area contributed by atoms with E-state index in [0.717, 1.165) is 5.56 Å². The van der Waals surface area contributed by atoms with Crippen molar-refractivity contribution < 1.29 is 38.7 Å². The van der Waals surface area contributed by atoms with Crippen LogP contribution in [0.25, 0.3) is 0 Å². The van der Waals surface area contributed by atoms with E-state index in [4.69, 9.17) is 9.47 Å². The highest BCUT2D eigenvalue weighted by atomic mass is 16.6. The summed E-state index contributed by atoms with van der Waals surface area (Å²) in [5.41, 5.74) is 0.786. The minimum Gasteiger partial charge on any atom is -0.480 e. The summed E-state index contributed by atoms with van der Waals surface area (Å²) in [7, 11) is 0. The number of carboxylic acid groups (broad SMARTS) is 1. The number of carbonyl (C=O) groups excluding carboxylic acids is 3. The topological polar surface area (TPSA) is 174 Å². The number of nitrogens with zero attached hydrogens (tertiary/aromatic N) is 1. The number of hydrogen-bond donors (Lipinski definition) is 3. The van der Waals surface area contributed by atoms with Crippen molar-refractivity contribution in [3.63, 3.8) is 0 Å². The predicted octanol–water partition coefficient (Wildman–Crippen LogP) is 3.15. The monoisotopic (exact) mass is 529 g/mol. The number of nitro benzene ring substituents is 1. The van der Waals surface area contributed by atoms with Gasteiger partial charge in [0.2, 0.25) is 5.91 Å². The van der Waals surface area contributed by atoms with Gasteiger partial charge in [0.05, 0.1) is 18.0 Å². The lowest BCUT2D eigenvalue weighted by atomic mass is 9.87.